The predicted molar refractivity (Wildman–Crippen MR) is 60.3 cm³/mol. The number of rotatable bonds is 2. The molecule has 1 aliphatic rings. The Bertz CT molecular complexity index is 488. The Balaban J connectivity index is 2.00. The summed E-state index contributed by atoms with van der Waals surface area (Å²) in [6.45, 7) is 2.21. The van der Waals surface area contributed by atoms with Gasteiger partial charge in [-0.2, -0.15) is 0 Å². The summed E-state index contributed by atoms with van der Waals surface area (Å²) in [5, 5.41) is 4.04. The molecule has 3 nitrogen and oxygen atoms in total. The van der Waals surface area contributed by atoms with Gasteiger partial charge in [0.1, 0.15) is 5.82 Å². The highest BCUT2D eigenvalue weighted by Gasteiger charge is 2.19. The number of hydrogen-bond donors (Lipinski definition) is 1. The van der Waals surface area contributed by atoms with E-state index >= 15 is 0 Å². The minimum atomic E-state index is 0.731. The number of imidazole rings is 1. The van der Waals surface area contributed by atoms with Crippen molar-refractivity contribution < 1.29 is 0 Å². The topological polar surface area (TPSA) is 29.3 Å². The standard InChI is InChI=1S/C11H12ClN3/c12-9-2-1-3-15-10(9)7-14-11(15)4-8-5-13-6-8/h1-3,7-8,13H,4-6H2. The molecule has 0 radical (unpaired) electrons. The van der Waals surface area contributed by atoms with Crippen LogP contribution in [0, 0.1) is 5.92 Å². The molecule has 3 rings (SSSR count). The smallest absolute Gasteiger partial charge is 0.113 e. The van der Waals surface area contributed by atoms with Gasteiger partial charge in [-0.15, -0.1) is 0 Å². The van der Waals surface area contributed by atoms with Gasteiger partial charge in [0.15, 0.2) is 0 Å². The van der Waals surface area contributed by atoms with Gasteiger partial charge in [-0.25, -0.2) is 4.98 Å². The monoisotopic (exact) mass is 221 g/mol. The Hall–Kier alpha value is -1.06. The number of pyridine rings is 1. The van der Waals surface area contributed by atoms with E-state index in [1.54, 1.807) is 0 Å². The molecule has 1 fully saturated rings. The van der Waals surface area contributed by atoms with Crippen molar-refractivity contribution in [2.75, 3.05) is 13.1 Å². The van der Waals surface area contributed by atoms with Crippen LogP contribution in [0.5, 0.6) is 0 Å². The quantitative estimate of drug-likeness (QED) is 0.837. The third-order valence-electron chi connectivity index (χ3n) is 2.93. The Morgan fingerprint density at radius 1 is 1.53 bits per heavy atom. The van der Waals surface area contributed by atoms with Gasteiger partial charge in [-0.05, 0) is 31.1 Å². The van der Waals surface area contributed by atoms with E-state index in [4.69, 9.17) is 11.6 Å². The molecule has 2 aromatic rings. The summed E-state index contributed by atoms with van der Waals surface area (Å²) in [6.07, 6.45) is 4.90. The minimum Gasteiger partial charge on any atom is -0.316 e. The van der Waals surface area contributed by atoms with Crippen LogP contribution in [0.3, 0.4) is 0 Å². The fourth-order valence-corrected chi connectivity index (χ4v) is 2.16. The molecule has 0 unspecified atom stereocenters. The summed E-state index contributed by atoms with van der Waals surface area (Å²) in [5.41, 5.74) is 1.00. The van der Waals surface area contributed by atoms with Crippen molar-refractivity contribution in [3.63, 3.8) is 0 Å². The van der Waals surface area contributed by atoms with E-state index in [0.717, 1.165) is 41.8 Å². The highest BCUT2D eigenvalue weighted by molar-refractivity contribution is 6.33. The van der Waals surface area contributed by atoms with Crippen molar-refractivity contribution in [1.82, 2.24) is 14.7 Å². The van der Waals surface area contributed by atoms with Crippen LogP contribution in [0.1, 0.15) is 5.82 Å². The first-order valence-corrected chi connectivity index (χ1v) is 5.53. The molecule has 1 saturated heterocycles. The van der Waals surface area contributed by atoms with Crippen LogP contribution >= 0.6 is 11.6 Å². The molecule has 0 spiro atoms. The van der Waals surface area contributed by atoms with Crippen molar-refractivity contribution in [1.29, 1.82) is 0 Å². The molecule has 2 aromatic heterocycles. The maximum atomic E-state index is 6.08. The van der Waals surface area contributed by atoms with E-state index in [0.29, 0.717) is 0 Å². The molecule has 0 aromatic carbocycles. The first-order chi connectivity index (χ1) is 7.34. The van der Waals surface area contributed by atoms with E-state index in [1.165, 1.54) is 0 Å². The molecule has 0 aliphatic carbocycles. The van der Waals surface area contributed by atoms with Crippen LogP contribution < -0.4 is 5.32 Å². The normalized spacial score (nSPS) is 16.9. The van der Waals surface area contributed by atoms with Gasteiger partial charge in [0, 0.05) is 12.6 Å². The van der Waals surface area contributed by atoms with Gasteiger partial charge in [-0.1, -0.05) is 11.6 Å². The molecule has 0 amide bonds. The van der Waals surface area contributed by atoms with Crippen LogP contribution in [0.2, 0.25) is 5.02 Å². The lowest BCUT2D eigenvalue weighted by Gasteiger charge is -2.26. The van der Waals surface area contributed by atoms with E-state index in [1.807, 2.05) is 24.5 Å². The van der Waals surface area contributed by atoms with Crippen LogP contribution in [-0.4, -0.2) is 22.5 Å². The Morgan fingerprint density at radius 2 is 2.40 bits per heavy atom. The molecular formula is C11H12ClN3. The summed E-state index contributed by atoms with van der Waals surface area (Å²) in [5.74, 6) is 1.84. The van der Waals surface area contributed by atoms with E-state index in [-0.39, 0.29) is 0 Å². The highest BCUT2D eigenvalue weighted by Crippen LogP contribution is 2.19. The largest absolute Gasteiger partial charge is 0.316 e. The van der Waals surface area contributed by atoms with Crippen molar-refractivity contribution >= 4 is 17.1 Å². The molecule has 4 heteroatoms. The number of hydrogen-bond acceptors (Lipinski definition) is 2. The highest BCUT2D eigenvalue weighted by atomic mass is 35.5. The molecule has 3 heterocycles. The van der Waals surface area contributed by atoms with Crippen LogP contribution in [0.4, 0.5) is 0 Å². The van der Waals surface area contributed by atoms with E-state index in [2.05, 4.69) is 14.7 Å². The van der Waals surface area contributed by atoms with Crippen LogP contribution in [0.15, 0.2) is 24.5 Å². The Labute approximate surface area is 93.1 Å². The fraction of sp³-hybridized carbons (Fsp3) is 0.364. The number of nitrogens with one attached hydrogen (secondary N) is 1. The Morgan fingerprint density at radius 3 is 3.13 bits per heavy atom. The molecule has 1 N–H and O–H groups in total. The summed E-state index contributed by atoms with van der Waals surface area (Å²) in [6, 6.07) is 3.85. The van der Waals surface area contributed by atoms with Gasteiger partial charge >= 0.3 is 0 Å². The second-order valence-electron chi connectivity index (χ2n) is 4.01. The van der Waals surface area contributed by atoms with Gasteiger partial charge < -0.3 is 9.72 Å². The lowest BCUT2D eigenvalue weighted by molar-refractivity contribution is 0.340. The average molecular weight is 222 g/mol. The van der Waals surface area contributed by atoms with Crippen LogP contribution in [-0.2, 0) is 6.42 Å². The van der Waals surface area contributed by atoms with Crippen molar-refractivity contribution in [3.05, 3.63) is 35.4 Å². The van der Waals surface area contributed by atoms with E-state index < -0.39 is 0 Å². The molecule has 0 bridgehead atoms. The van der Waals surface area contributed by atoms with Gasteiger partial charge in [0.05, 0.1) is 16.7 Å². The zero-order valence-corrected chi connectivity index (χ0v) is 9.04. The maximum Gasteiger partial charge on any atom is 0.113 e. The third kappa shape index (κ3) is 1.52. The summed E-state index contributed by atoms with van der Waals surface area (Å²) < 4.78 is 2.08. The summed E-state index contributed by atoms with van der Waals surface area (Å²) in [4.78, 5) is 4.43. The number of halogens is 1. The van der Waals surface area contributed by atoms with Crippen LogP contribution in [0.25, 0.3) is 5.52 Å². The number of fused-ring (bicyclic) bond motifs is 1. The predicted octanol–water partition coefficient (Wildman–Crippen LogP) is 1.75. The second kappa shape index (κ2) is 3.51. The molecule has 78 valence electrons. The lowest BCUT2D eigenvalue weighted by atomic mass is 9.99. The summed E-state index contributed by atoms with van der Waals surface area (Å²) >= 11 is 6.08. The average Bonchev–Trinajstić information content (AvgIpc) is 2.56. The number of nitrogens with zero attached hydrogens (tertiary/aromatic N) is 2. The number of aromatic nitrogens is 2. The minimum absolute atomic E-state index is 0.731. The van der Waals surface area contributed by atoms with Crippen molar-refractivity contribution in [3.8, 4) is 0 Å². The molecule has 1 aliphatic heterocycles. The molecule has 0 saturated carbocycles. The molecular weight excluding hydrogens is 210 g/mol. The maximum absolute atomic E-state index is 6.08. The first-order valence-electron chi connectivity index (χ1n) is 5.16. The fourth-order valence-electron chi connectivity index (χ4n) is 1.94. The Kier molecular flexibility index (Phi) is 2.15. The van der Waals surface area contributed by atoms with Gasteiger partial charge in [-0.3, -0.25) is 0 Å². The SMILES string of the molecule is Clc1cccn2c(CC3CNC3)ncc12. The molecule has 15 heavy (non-hydrogen) atoms. The third-order valence-corrected chi connectivity index (χ3v) is 3.25. The zero-order valence-electron chi connectivity index (χ0n) is 8.28. The van der Waals surface area contributed by atoms with Crippen molar-refractivity contribution in [2.24, 2.45) is 5.92 Å². The zero-order chi connectivity index (χ0) is 10.3. The summed E-state index contributed by atoms with van der Waals surface area (Å²) in [7, 11) is 0. The van der Waals surface area contributed by atoms with Crippen molar-refractivity contribution in [2.45, 2.75) is 6.42 Å². The van der Waals surface area contributed by atoms with Gasteiger partial charge in [0.2, 0.25) is 0 Å². The second-order valence-corrected chi connectivity index (χ2v) is 4.42. The van der Waals surface area contributed by atoms with Gasteiger partial charge in [0.25, 0.3) is 0 Å². The molecule has 0 atom stereocenters. The first kappa shape index (κ1) is 9.19. The lowest BCUT2D eigenvalue weighted by Crippen LogP contribution is -2.43. The van der Waals surface area contributed by atoms with E-state index in [9.17, 15) is 0 Å².